The molecule has 3 aromatic rings. The number of hydrogen-bond acceptors (Lipinski definition) is 4. The number of fused-ring (bicyclic) bond motifs is 1. The van der Waals surface area contributed by atoms with Gasteiger partial charge in [-0.15, -0.1) is 0 Å². The van der Waals surface area contributed by atoms with Crippen molar-refractivity contribution in [2.45, 2.75) is 26.0 Å². The zero-order valence-electron chi connectivity index (χ0n) is 16.1. The third-order valence-corrected chi connectivity index (χ3v) is 5.22. The Morgan fingerprint density at radius 1 is 1.15 bits per heavy atom. The lowest BCUT2D eigenvalue weighted by molar-refractivity contribution is -0.0304. The van der Waals surface area contributed by atoms with Crippen molar-refractivity contribution in [2.75, 3.05) is 33.4 Å². The largest absolute Gasteiger partial charge is 0.497 e. The molecule has 5 heteroatoms. The molecule has 1 aromatic heterocycles. The van der Waals surface area contributed by atoms with Crippen LogP contribution in [0.5, 0.6) is 5.75 Å². The van der Waals surface area contributed by atoms with Crippen LogP contribution < -0.4 is 4.74 Å². The van der Waals surface area contributed by atoms with E-state index in [4.69, 9.17) is 9.47 Å². The molecule has 0 amide bonds. The number of aryl methyl sites for hydroxylation is 2. The second kappa shape index (κ2) is 8.11. The predicted molar refractivity (Wildman–Crippen MR) is 107 cm³/mol. The third kappa shape index (κ3) is 4.31. The molecule has 5 nitrogen and oxygen atoms in total. The Labute approximate surface area is 160 Å². The van der Waals surface area contributed by atoms with Crippen LogP contribution in [0.4, 0.5) is 0 Å². The van der Waals surface area contributed by atoms with Gasteiger partial charge in [0.1, 0.15) is 5.75 Å². The Bertz CT molecular complexity index is 905. The lowest BCUT2D eigenvalue weighted by Crippen LogP contribution is -2.39. The van der Waals surface area contributed by atoms with Gasteiger partial charge in [0, 0.05) is 32.4 Å². The monoisotopic (exact) mass is 365 g/mol. The first kappa shape index (κ1) is 18.0. The summed E-state index contributed by atoms with van der Waals surface area (Å²) in [5.41, 5.74) is 2.47. The minimum absolute atomic E-state index is 0.136. The minimum atomic E-state index is 0.136. The number of aromatic nitrogens is 2. The van der Waals surface area contributed by atoms with Crippen molar-refractivity contribution < 1.29 is 9.47 Å². The average Bonchev–Trinajstić information content (AvgIpc) is 3.12. The van der Waals surface area contributed by atoms with E-state index in [-0.39, 0.29) is 6.10 Å². The van der Waals surface area contributed by atoms with E-state index in [1.807, 2.05) is 16.9 Å². The Morgan fingerprint density at radius 3 is 2.81 bits per heavy atom. The molecule has 1 fully saturated rings. The standard InChI is InChI=1S/C22H27N3O2/c1-17-14-23-25(15-17)9-3-8-24-10-11-27-22(16-24)20-5-4-19-13-21(26-2)7-6-18(19)12-20/h4-7,12-15,22H,3,8-11,16H2,1-2H3/t22-/m1/s1. The summed E-state index contributed by atoms with van der Waals surface area (Å²) in [5.74, 6) is 0.891. The number of hydrogen-bond donors (Lipinski definition) is 0. The van der Waals surface area contributed by atoms with Crippen molar-refractivity contribution >= 4 is 10.8 Å². The SMILES string of the molecule is COc1ccc2cc([C@H]3CN(CCCn4cc(C)cn4)CCO3)ccc2c1. The number of benzene rings is 2. The summed E-state index contributed by atoms with van der Waals surface area (Å²) in [6.45, 7) is 6.85. The maximum absolute atomic E-state index is 6.07. The van der Waals surface area contributed by atoms with Crippen LogP contribution in [0.1, 0.15) is 23.7 Å². The van der Waals surface area contributed by atoms with Gasteiger partial charge in [-0.2, -0.15) is 5.10 Å². The van der Waals surface area contributed by atoms with E-state index in [0.717, 1.165) is 45.0 Å². The van der Waals surface area contributed by atoms with Crippen molar-refractivity contribution in [2.24, 2.45) is 0 Å². The highest BCUT2D eigenvalue weighted by atomic mass is 16.5. The highest BCUT2D eigenvalue weighted by Crippen LogP contribution is 2.27. The van der Waals surface area contributed by atoms with Crippen LogP contribution in [-0.2, 0) is 11.3 Å². The molecule has 0 unspecified atom stereocenters. The fourth-order valence-corrected chi connectivity index (χ4v) is 3.72. The normalized spacial score (nSPS) is 18.1. The van der Waals surface area contributed by atoms with Gasteiger partial charge in [-0.1, -0.05) is 18.2 Å². The summed E-state index contributed by atoms with van der Waals surface area (Å²) < 4.78 is 13.4. The number of rotatable bonds is 6. The molecule has 2 aromatic carbocycles. The average molecular weight is 365 g/mol. The van der Waals surface area contributed by atoms with E-state index < -0.39 is 0 Å². The van der Waals surface area contributed by atoms with Gasteiger partial charge in [-0.25, -0.2) is 0 Å². The van der Waals surface area contributed by atoms with E-state index >= 15 is 0 Å². The summed E-state index contributed by atoms with van der Waals surface area (Å²) in [4.78, 5) is 2.50. The first-order chi connectivity index (χ1) is 13.2. The minimum Gasteiger partial charge on any atom is -0.497 e. The first-order valence-corrected chi connectivity index (χ1v) is 9.62. The molecule has 1 aliphatic heterocycles. The lowest BCUT2D eigenvalue weighted by Gasteiger charge is -2.33. The van der Waals surface area contributed by atoms with Crippen LogP contribution in [0.25, 0.3) is 10.8 Å². The van der Waals surface area contributed by atoms with E-state index in [0.29, 0.717) is 0 Å². The first-order valence-electron chi connectivity index (χ1n) is 9.62. The molecule has 0 N–H and O–H groups in total. The van der Waals surface area contributed by atoms with Crippen LogP contribution in [-0.4, -0.2) is 48.0 Å². The Kier molecular flexibility index (Phi) is 5.41. The van der Waals surface area contributed by atoms with Gasteiger partial charge in [0.05, 0.1) is 26.0 Å². The van der Waals surface area contributed by atoms with E-state index in [1.54, 1.807) is 7.11 Å². The Morgan fingerprint density at radius 2 is 2.00 bits per heavy atom. The fraction of sp³-hybridized carbons (Fsp3) is 0.409. The summed E-state index contributed by atoms with van der Waals surface area (Å²) in [7, 11) is 1.70. The number of ether oxygens (including phenoxy) is 2. The van der Waals surface area contributed by atoms with Crippen molar-refractivity contribution in [3.63, 3.8) is 0 Å². The van der Waals surface area contributed by atoms with E-state index in [2.05, 4.69) is 53.5 Å². The number of morpholine rings is 1. The molecule has 142 valence electrons. The molecule has 0 radical (unpaired) electrons. The molecule has 0 aliphatic carbocycles. The van der Waals surface area contributed by atoms with Crippen molar-refractivity contribution in [3.8, 4) is 5.75 Å². The van der Waals surface area contributed by atoms with Crippen molar-refractivity contribution in [1.29, 1.82) is 0 Å². The van der Waals surface area contributed by atoms with Gasteiger partial charge in [-0.3, -0.25) is 9.58 Å². The van der Waals surface area contributed by atoms with Crippen LogP contribution in [0.3, 0.4) is 0 Å². The molecule has 1 saturated heterocycles. The second-order valence-electron chi connectivity index (χ2n) is 7.27. The summed E-state index contributed by atoms with van der Waals surface area (Å²) in [6, 6.07) is 12.8. The highest BCUT2D eigenvalue weighted by Gasteiger charge is 2.21. The summed E-state index contributed by atoms with van der Waals surface area (Å²) in [6.07, 6.45) is 5.26. The van der Waals surface area contributed by atoms with Crippen LogP contribution in [0, 0.1) is 6.92 Å². The second-order valence-corrected chi connectivity index (χ2v) is 7.27. The molecule has 0 spiro atoms. The zero-order valence-corrected chi connectivity index (χ0v) is 16.1. The highest BCUT2D eigenvalue weighted by molar-refractivity contribution is 5.84. The van der Waals surface area contributed by atoms with Gasteiger partial charge < -0.3 is 9.47 Å². The van der Waals surface area contributed by atoms with Crippen molar-refractivity contribution in [3.05, 3.63) is 59.9 Å². The fourth-order valence-electron chi connectivity index (χ4n) is 3.72. The molecule has 27 heavy (non-hydrogen) atoms. The maximum atomic E-state index is 6.07. The van der Waals surface area contributed by atoms with Gasteiger partial charge in [0.25, 0.3) is 0 Å². The smallest absolute Gasteiger partial charge is 0.119 e. The molecule has 0 bridgehead atoms. The molecule has 4 rings (SSSR count). The van der Waals surface area contributed by atoms with Gasteiger partial charge >= 0.3 is 0 Å². The third-order valence-electron chi connectivity index (χ3n) is 5.22. The van der Waals surface area contributed by atoms with Crippen LogP contribution in [0.2, 0.25) is 0 Å². The Balaban J connectivity index is 1.38. The predicted octanol–water partition coefficient (Wildman–Crippen LogP) is 3.82. The van der Waals surface area contributed by atoms with Gasteiger partial charge in [0.15, 0.2) is 0 Å². The lowest BCUT2D eigenvalue weighted by atomic mass is 10.0. The molecule has 0 saturated carbocycles. The van der Waals surface area contributed by atoms with Crippen LogP contribution >= 0.6 is 0 Å². The number of methoxy groups -OCH3 is 1. The van der Waals surface area contributed by atoms with E-state index in [9.17, 15) is 0 Å². The van der Waals surface area contributed by atoms with E-state index in [1.165, 1.54) is 21.9 Å². The molecule has 2 heterocycles. The summed E-state index contributed by atoms with van der Waals surface area (Å²) >= 11 is 0. The summed E-state index contributed by atoms with van der Waals surface area (Å²) in [5, 5.41) is 6.79. The molecular formula is C22H27N3O2. The molecule has 1 atom stereocenters. The Hall–Kier alpha value is -2.37. The zero-order chi connectivity index (χ0) is 18.6. The van der Waals surface area contributed by atoms with Crippen molar-refractivity contribution in [1.82, 2.24) is 14.7 Å². The molecule has 1 aliphatic rings. The topological polar surface area (TPSA) is 39.5 Å². The number of nitrogens with zero attached hydrogens (tertiary/aromatic N) is 3. The quantitative estimate of drug-likeness (QED) is 0.666. The molecular weight excluding hydrogens is 338 g/mol. The van der Waals surface area contributed by atoms with Gasteiger partial charge in [-0.05, 0) is 53.4 Å². The van der Waals surface area contributed by atoms with Gasteiger partial charge in [0.2, 0.25) is 0 Å². The maximum Gasteiger partial charge on any atom is 0.119 e. The van der Waals surface area contributed by atoms with Crippen LogP contribution in [0.15, 0.2) is 48.8 Å².